The van der Waals surface area contributed by atoms with Gasteiger partial charge in [0.1, 0.15) is 5.82 Å². The fourth-order valence-electron chi connectivity index (χ4n) is 2.52. The molecule has 0 aromatic heterocycles. The number of carbonyl (C=O) groups is 1. The molecule has 1 aliphatic heterocycles. The number of halogens is 1. The van der Waals surface area contributed by atoms with Gasteiger partial charge in [0.25, 0.3) is 0 Å². The average molecular weight is 315 g/mol. The summed E-state index contributed by atoms with van der Waals surface area (Å²) in [5, 5.41) is 0. The summed E-state index contributed by atoms with van der Waals surface area (Å²) in [6.07, 6.45) is 0.813. The summed E-state index contributed by atoms with van der Waals surface area (Å²) in [6.45, 7) is 0.640. The molecule has 6 nitrogen and oxygen atoms in total. The molecule has 116 valence electrons. The third-order valence-electron chi connectivity index (χ3n) is 3.80. The Kier molecular flexibility index (Phi) is 5.04. The lowest BCUT2D eigenvalue weighted by atomic mass is 9.73. The van der Waals surface area contributed by atoms with Crippen molar-refractivity contribution in [3.63, 3.8) is 0 Å². The summed E-state index contributed by atoms with van der Waals surface area (Å²) >= 11 is -2.46. The van der Waals surface area contributed by atoms with E-state index in [1.807, 2.05) is 0 Å². The number of nitrogens with one attached hydrogen (secondary N) is 1. The molecule has 1 heterocycles. The minimum absolute atomic E-state index is 0.144. The Hall–Kier alpha value is -1.35. The van der Waals surface area contributed by atoms with Crippen molar-refractivity contribution in [2.45, 2.75) is 24.8 Å². The second kappa shape index (κ2) is 6.61. The summed E-state index contributed by atoms with van der Waals surface area (Å²) in [5.74, 6) is -1.07. The number of amides is 1. The van der Waals surface area contributed by atoms with Crippen molar-refractivity contribution in [3.8, 4) is 0 Å². The van der Waals surface area contributed by atoms with Gasteiger partial charge >= 0.3 is 0 Å². The summed E-state index contributed by atoms with van der Waals surface area (Å²) < 4.78 is 42.3. The molecule has 1 aromatic carbocycles. The minimum atomic E-state index is -2.46. The number of benzene rings is 1. The molecule has 8 heteroatoms. The predicted octanol–water partition coefficient (Wildman–Crippen LogP) is 0.243. The molecule has 0 saturated carbocycles. The van der Waals surface area contributed by atoms with Crippen molar-refractivity contribution in [2.75, 3.05) is 13.2 Å². The molecule has 2 rings (SSSR count). The SMILES string of the molecule is NC(=O)C1(c2ccc(CNS(=O)[O-])c(F)c2)CCOCC1. The van der Waals surface area contributed by atoms with Crippen molar-refractivity contribution in [1.82, 2.24) is 4.72 Å². The van der Waals surface area contributed by atoms with E-state index >= 15 is 0 Å². The summed E-state index contributed by atoms with van der Waals surface area (Å²) in [5.41, 5.74) is 5.29. The van der Waals surface area contributed by atoms with Crippen molar-refractivity contribution >= 4 is 17.2 Å². The van der Waals surface area contributed by atoms with E-state index in [9.17, 15) is 17.9 Å². The quantitative estimate of drug-likeness (QED) is 0.760. The van der Waals surface area contributed by atoms with Crippen LogP contribution in [0.5, 0.6) is 0 Å². The normalized spacial score (nSPS) is 19.1. The number of primary amides is 1. The maximum atomic E-state index is 14.1. The molecule has 3 N–H and O–H groups in total. The average Bonchev–Trinajstić information content (AvgIpc) is 2.46. The van der Waals surface area contributed by atoms with E-state index in [1.165, 1.54) is 12.1 Å². The molecule has 1 aromatic rings. The zero-order valence-corrected chi connectivity index (χ0v) is 12.1. The van der Waals surface area contributed by atoms with Gasteiger partial charge in [-0.1, -0.05) is 12.1 Å². The van der Waals surface area contributed by atoms with Gasteiger partial charge in [-0.2, -0.15) is 0 Å². The molecule has 1 atom stereocenters. The van der Waals surface area contributed by atoms with Gasteiger partial charge in [-0.15, -0.1) is 0 Å². The van der Waals surface area contributed by atoms with E-state index in [4.69, 9.17) is 10.5 Å². The smallest absolute Gasteiger partial charge is 0.228 e. The fraction of sp³-hybridized carbons (Fsp3) is 0.462. The number of hydrogen-bond acceptors (Lipinski definition) is 4. The molecule has 1 fully saturated rings. The zero-order chi connectivity index (χ0) is 15.5. The first-order valence-corrected chi connectivity index (χ1v) is 7.52. The molecule has 1 aliphatic rings. The maximum absolute atomic E-state index is 14.1. The second-order valence-corrected chi connectivity index (χ2v) is 5.68. The monoisotopic (exact) mass is 315 g/mol. The zero-order valence-electron chi connectivity index (χ0n) is 11.3. The van der Waals surface area contributed by atoms with Crippen LogP contribution in [0.1, 0.15) is 24.0 Å². The van der Waals surface area contributed by atoms with Gasteiger partial charge in [-0.25, -0.2) is 9.11 Å². The number of ether oxygens (including phenoxy) is 1. The number of hydrogen-bond donors (Lipinski definition) is 2. The topological polar surface area (TPSA) is 104 Å². The Morgan fingerprint density at radius 1 is 1.48 bits per heavy atom. The highest BCUT2D eigenvalue weighted by Crippen LogP contribution is 2.35. The fourth-order valence-corrected chi connectivity index (χ4v) is 2.80. The Morgan fingerprint density at radius 3 is 2.67 bits per heavy atom. The number of rotatable bonds is 5. The molecule has 1 unspecified atom stereocenters. The highest BCUT2D eigenvalue weighted by atomic mass is 32.2. The Balaban J connectivity index is 2.28. The van der Waals surface area contributed by atoms with Crippen molar-refractivity contribution in [1.29, 1.82) is 0 Å². The molecule has 0 radical (unpaired) electrons. The number of nitrogens with two attached hydrogens (primary N) is 1. The molecular weight excluding hydrogens is 299 g/mol. The first-order chi connectivity index (χ1) is 9.95. The van der Waals surface area contributed by atoms with E-state index in [0.717, 1.165) is 0 Å². The van der Waals surface area contributed by atoms with Crippen LogP contribution in [0.3, 0.4) is 0 Å². The lowest BCUT2D eigenvalue weighted by Crippen LogP contribution is -2.45. The molecule has 21 heavy (non-hydrogen) atoms. The van der Waals surface area contributed by atoms with Gasteiger partial charge in [-0.3, -0.25) is 9.00 Å². The van der Waals surface area contributed by atoms with Gasteiger partial charge in [0.2, 0.25) is 5.91 Å². The van der Waals surface area contributed by atoms with Crippen LogP contribution in [0.4, 0.5) is 4.39 Å². The van der Waals surface area contributed by atoms with Gasteiger partial charge in [0.15, 0.2) is 0 Å². The first kappa shape index (κ1) is 16.0. The summed E-state index contributed by atoms with van der Waals surface area (Å²) in [7, 11) is 0. The van der Waals surface area contributed by atoms with Crippen LogP contribution in [0.15, 0.2) is 18.2 Å². The van der Waals surface area contributed by atoms with E-state index in [0.29, 0.717) is 31.6 Å². The lowest BCUT2D eigenvalue weighted by molar-refractivity contribution is -0.127. The third kappa shape index (κ3) is 3.46. The van der Waals surface area contributed by atoms with Crippen LogP contribution < -0.4 is 10.5 Å². The van der Waals surface area contributed by atoms with Crippen molar-refractivity contribution in [2.24, 2.45) is 5.73 Å². The molecule has 0 bridgehead atoms. The Labute approximate surface area is 124 Å². The summed E-state index contributed by atoms with van der Waals surface area (Å²) in [4.78, 5) is 11.8. The summed E-state index contributed by atoms with van der Waals surface area (Å²) in [6, 6.07) is 4.33. The van der Waals surface area contributed by atoms with Crippen molar-refractivity contribution < 1.29 is 22.7 Å². The van der Waals surface area contributed by atoms with Crippen LogP contribution in [-0.4, -0.2) is 27.9 Å². The molecule has 1 amide bonds. The Morgan fingerprint density at radius 2 is 2.14 bits per heavy atom. The lowest BCUT2D eigenvalue weighted by Gasteiger charge is -2.34. The predicted molar refractivity (Wildman–Crippen MR) is 73.1 cm³/mol. The van der Waals surface area contributed by atoms with Gasteiger partial charge in [0, 0.05) is 36.6 Å². The molecule has 0 aliphatic carbocycles. The van der Waals surface area contributed by atoms with E-state index in [-0.39, 0.29) is 12.1 Å². The van der Waals surface area contributed by atoms with Crippen LogP contribution in [0, 0.1) is 5.82 Å². The van der Waals surface area contributed by atoms with E-state index in [1.54, 1.807) is 6.07 Å². The highest BCUT2D eigenvalue weighted by Gasteiger charge is 2.40. The Bertz CT molecular complexity index is 561. The molecular formula is C13H16FN2O4S-. The van der Waals surface area contributed by atoms with Crippen LogP contribution in [0.25, 0.3) is 0 Å². The van der Waals surface area contributed by atoms with Crippen LogP contribution in [-0.2, 0) is 32.8 Å². The minimum Gasteiger partial charge on any atom is -0.760 e. The molecule has 1 saturated heterocycles. The largest absolute Gasteiger partial charge is 0.760 e. The van der Waals surface area contributed by atoms with E-state index < -0.39 is 28.4 Å². The third-order valence-corrected chi connectivity index (χ3v) is 4.18. The first-order valence-electron chi connectivity index (χ1n) is 6.45. The van der Waals surface area contributed by atoms with Gasteiger partial charge in [-0.05, 0) is 24.5 Å². The second-order valence-electron chi connectivity index (χ2n) is 4.92. The van der Waals surface area contributed by atoms with Crippen LogP contribution in [0.2, 0.25) is 0 Å². The van der Waals surface area contributed by atoms with Gasteiger partial charge in [0.05, 0.1) is 5.41 Å². The number of carbonyl (C=O) groups excluding carboxylic acids is 1. The maximum Gasteiger partial charge on any atom is 0.228 e. The van der Waals surface area contributed by atoms with Crippen LogP contribution >= 0.6 is 0 Å². The highest BCUT2D eigenvalue weighted by molar-refractivity contribution is 7.77. The van der Waals surface area contributed by atoms with Gasteiger partial charge < -0.3 is 15.0 Å². The molecule has 0 spiro atoms. The van der Waals surface area contributed by atoms with Crippen molar-refractivity contribution in [3.05, 3.63) is 35.1 Å². The standard InChI is InChI=1S/C13H17FN2O4S/c14-11-7-10(2-1-9(11)8-16-21(18)19)13(12(15)17)3-5-20-6-4-13/h1-2,7,16H,3-6,8H2,(H2,15,17)(H,18,19)/p-1. The van der Waals surface area contributed by atoms with E-state index in [2.05, 4.69) is 4.72 Å².